The Morgan fingerprint density at radius 1 is 1.16 bits per heavy atom. The third-order valence-corrected chi connectivity index (χ3v) is 4.07. The molecule has 0 N–H and O–H groups in total. The fourth-order valence-corrected chi connectivity index (χ4v) is 3.30. The van der Waals surface area contributed by atoms with Crippen LogP contribution in [-0.2, 0) is 10.2 Å². The van der Waals surface area contributed by atoms with E-state index in [0.29, 0.717) is 24.8 Å². The van der Waals surface area contributed by atoms with Crippen LogP contribution in [0.5, 0.6) is 0 Å². The van der Waals surface area contributed by atoms with Gasteiger partial charge in [-0.15, -0.1) is 0 Å². The molecule has 0 radical (unpaired) electrons. The number of rotatable bonds is 0. The van der Waals surface area contributed by atoms with Crippen molar-refractivity contribution in [3.8, 4) is 0 Å². The summed E-state index contributed by atoms with van der Waals surface area (Å²) in [6, 6.07) is 6.58. The molecular weight excluding hydrogens is 253 g/mol. The minimum absolute atomic E-state index is 0.0562. The molecule has 100 valence electrons. The highest BCUT2D eigenvalue weighted by atomic mass is 19.4. The lowest BCUT2D eigenvalue weighted by Gasteiger charge is -2.32. The predicted octanol–water partition coefficient (Wildman–Crippen LogP) is 4.03. The van der Waals surface area contributed by atoms with E-state index >= 15 is 0 Å². The maximum atomic E-state index is 13.1. The van der Waals surface area contributed by atoms with Crippen molar-refractivity contribution in [1.29, 1.82) is 0 Å². The molecule has 1 spiro atoms. The first-order valence-corrected chi connectivity index (χ1v) is 6.34. The average Bonchev–Trinajstić information content (AvgIpc) is 2.65. The Morgan fingerprint density at radius 2 is 1.89 bits per heavy atom. The number of hydrogen-bond donors (Lipinski definition) is 0. The molecule has 4 heteroatoms. The summed E-state index contributed by atoms with van der Waals surface area (Å²) in [4.78, 5) is 11.7. The smallest absolute Gasteiger partial charge is 0.300 e. The van der Waals surface area contributed by atoms with Crippen LogP contribution in [0.15, 0.2) is 30.3 Å². The fraction of sp³-hybridized carbons (Fsp3) is 0.400. The Hall–Kier alpha value is -1.58. The van der Waals surface area contributed by atoms with Crippen molar-refractivity contribution >= 4 is 11.4 Å². The van der Waals surface area contributed by atoms with Crippen molar-refractivity contribution < 1.29 is 18.0 Å². The number of carbonyl (C=O) groups excluding carboxylic acids is 1. The van der Waals surface area contributed by atoms with E-state index in [1.807, 2.05) is 0 Å². The molecule has 1 atom stereocenters. The number of ketones is 1. The van der Waals surface area contributed by atoms with E-state index < -0.39 is 17.2 Å². The van der Waals surface area contributed by atoms with E-state index in [2.05, 4.69) is 0 Å². The molecular formula is C15H13F3O. The van der Waals surface area contributed by atoms with Gasteiger partial charge < -0.3 is 0 Å². The molecule has 0 bridgehead atoms. The average molecular weight is 266 g/mol. The van der Waals surface area contributed by atoms with Crippen LogP contribution in [0.1, 0.15) is 36.8 Å². The van der Waals surface area contributed by atoms with Crippen LogP contribution < -0.4 is 0 Å². The Morgan fingerprint density at radius 3 is 2.58 bits per heavy atom. The maximum Gasteiger partial charge on any atom is 0.416 e. The van der Waals surface area contributed by atoms with E-state index in [1.54, 1.807) is 18.2 Å². The summed E-state index contributed by atoms with van der Waals surface area (Å²) in [7, 11) is 0. The van der Waals surface area contributed by atoms with Gasteiger partial charge in [0.1, 0.15) is 5.78 Å². The molecule has 1 saturated carbocycles. The second-order valence-electron chi connectivity index (χ2n) is 5.33. The lowest BCUT2D eigenvalue weighted by atomic mass is 9.70. The first-order valence-electron chi connectivity index (χ1n) is 6.34. The quantitative estimate of drug-likeness (QED) is 0.693. The van der Waals surface area contributed by atoms with Crippen molar-refractivity contribution in [3.63, 3.8) is 0 Å². The summed E-state index contributed by atoms with van der Waals surface area (Å²) in [5, 5.41) is 0. The molecule has 0 heterocycles. The fourth-order valence-electron chi connectivity index (χ4n) is 3.30. The normalized spacial score (nSPS) is 26.5. The molecule has 0 unspecified atom stereocenters. The topological polar surface area (TPSA) is 17.1 Å². The van der Waals surface area contributed by atoms with Gasteiger partial charge in [0.2, 0.25) is 0 Å². The molecule has 1 fully saturated rings. The minimum atomic E-state index is -4.36. The monoisotopic (exact) mass is 266 g/mol. The largest absolute Gasteiger partial charge is 0.416 e. The van der Waals surface area contributed by atoms with Crippen LogP contribution in [0, 0.1) is 0 Å². The van der Waals surface area contributed by atoms with E-state index in [0.717, 1.165) is 0 Å². The number of carbonyl (C=O) groups is 1. The number of fused-ring (bicyclic) bond motifs is 2. The minimum Gasteiger partial charge on any atom is -0.300 e. The number of hydrogen-bond acceptors (Lipinski definition) is 1. The van der Waals surface area contributed by atoms with Crippen LogP contribution in [0.3, 0.4) is 0 Å². The second-order valence-corrected chi connectivity index (χ2v) is 5.33. The first-order chi connectivity index (χ1) is 8.92. The van der Waals surface area contributed by atoms with Gasteiger partial charge in [-0.2, -0.15) is 13.2 Å². The Kier molecular flexibility index (Phi) is 2.59. The molecule has 1 aromatic carbocycles. The van der Waals surface area contributed by atoms with Gasteiger partial charge in [0, 0.05) is 18.3 Å². The molecule has 0 aromatic heterocycles. The summed E-state index contributed by atoms with van der Waals surface area (Å²) in [5.74, 6) is 0.0562. The number of alkyl halides is 3. The third kappa shape index (κ3) is 1.90. The van der Waals surface area contributed by atoms with E-state index in [9.17, 15) is 18.0 Å². The van der Waals surface area contributed by atoms with Crippen LogP contribution in [0.2, 0.25) is 0 Å². The van der Waals surface area contributed by atoms with Crippen molar-refractivity contribution in [3.05, 3.63) is 41.5 Å². The Labute approximate surface area is 109 Å². The van der Waals surface area contributed by atoms with E-state index in [4.69, 9.17) is 0 Å². The van der Waals surface area contributed by atoms with Gasteiger partial charge in [-0.25, -0.2) is 0 Å². The van der Waals surface area contributed by atoms with Crippen molar-refractivity contribution in [2.75, 3.05) is 0 Å². The van der Waals surface area contributed by atoms with E-state index in [-0.39, 0.29) is 17.8 Å². The zero-order valence-electron chi connectivity index (χ0n) is 10.3. The zero-order valence-corrected chi connectivity index (χ0v) is 10.3. The van der Waals surface area contributed by atoms with Gasteiger partial charge in [0.25, 0.3) is 0 Å². The molecule has 1 aromatic rings. The molecule has 2 aliphatic carbocycles. The highest BCUT2D eigenvalue weighted by Crippen LogP contribution is 2.52. The summed E-state index contributed by atoms with van der Waals surface area (Å²) >= 11 is 0. The highest BCUT2D eigenvalue weighted by Gasteiger charge is 2.48. The van der Waals surface area contributed by atoms with Crippen LogP contribution in [-0.4, -0.2) is 12.0 Å². The lowest BCUT2D eigenvalue weighted by Crippen LogP contribution is -2.30. The van der Waals surface area contributed by atoms with Crippen LogP contribution >= 0.6 is 0 Å². The summed E-state index contributed by atoms with van der Waals surface area (Å²) in [6.45, 7) is 0. The van der Waals surface area contributed by atoms with Gasteiger partial charge in [-0.3, -0.25) is 4.79 Å². The van der Waals surface area contributed by atoms with Crippen LogP contribution in [0.25, 0.3) is 5.57 Å². The Bertz CT molecular complexity index is 571. The van der Waals surface area contributed by atoms with Crippen molar-refractivity contribution in [2.45, 2.75) is 37.3 Å². The Balaban J connectivity index is 2.17. The standard InChI is InChI=1S/C15H13F3O/c16-15(17,18)13-9-14(7-3-4-10(19)8-14)12-6-2-1-5-11(12)13/h1-2,5-6,9H,3-4,7-8H2/t14-/m0/s1. The SMILES string of the molecule is O=C1CCC[C@@]2(C=C(C(F)(F)F)c3ccccc32)C1. The third-order valence-electron chi connectivity index (χ3n) is 4.07. The highest BCUT2D eigenvalue weighted by molar-refractivity contribution is 5.86. The molecule has 0 aliphatic heterocycles. The molecule has 0 amide bonds. The number of halogens is 3. The van der Waals surface area contributed by atoms with Crippen molar-refractivity contribution in [2.24, 2.45) is 0 Å². The number of Topliss-reactive ketones (excluding diaryl/α,β-unsaturated/α-hetero) is 1. The maximum absolute atomic E-state index is 13.1. The molecule has 0 saturated heterocycles. The zero-order chi connectivity index (χ0) is 13.7. The second kappa shape index (κ2) is 3.95. The van der Waals surface area contributed by atoms with Gasteiger partial charge in [0.05, 0.1) is 5.57 Å². The van der Waals surface area contributed by atoms with Gasteiger partial charge in [-0.1, -0.05) is 30.3 Å². The van der Waals surface area contributed by atoms with Crippen LogP contribution in [0.4, 0.5) is 13.2 Å². The molecule has 1 nitrogen and oxygen atoms in total. The predicted molar refractivity (Wildman–Crippen MR) is 65.6 cm³/mol. The summed E-state index contributed by atoms with van der Waals surface area (Å²) in [6.07, 6.45) is -1.11. The van der Waals surface area contributed by atoms with E-state index in [1.165, 1.54) is 12.1 Å². The molecule has 19 heavy (non-hydrogen) atoms. The number of benzene rings is 1. The van der Waals surface area contributed by atoms with Gasteiger partial charge in [0.15, 0.2) is 0 Å². The molecule has 3 rings (SSSR count). The van der Waals surface area contributed by atoms with Crippen molar-refractivity contribution in [1.82, 2.24) is 0 Å². The van der Waals surface area contributed by atoms with Gasteiger partial charge in [-0.05, 0) is 24.0 Å². The molecule has 2 aliphatic rings. The van der Waals surface area contributed by atoms with Gasteiger partial charge >= 0.3 is 6.18 Å². The lowest BCUT2D eigenvalue weighted by molar-refractivity contribution is -0.121. The first kappa shape index (κ1) is 12.5. The summed E-state index contributed by atoms with van der Waals surface area (Å²) < 4.78 is 39.4. The number of allylic oxidation sites excluding steroid dienone is 2. The summed E-state index contributed by atoms with van der Waals surface area (Å²) in [5.41, 5.74) is -0.408.